The number of benzene rings is 1. The highest BCUT2D eigenvalue weighted by molar-refractivity contribution is 14.1. The second-order valence-electron chi connectivity index (χ2n) is 4.93. The van der Waals surface area contributed by atoms with Gasteiger partial charge < -0.3 is 0 Å². The summed E-state index contributed by atoms with van der Waals surface area (Å²) in [6.45, 7) is 0. The molecule has 14 heteroatoms. The van der Waals surface area contributed by atoms with Crippen LogP contribution in [0.5, 0.6) is 0 Å². The van der Waals surface area contributed by atoms with Crippen molar-refractivity contribution >= 4 is 80.0 Å². The molecule has 0 heterocycles. The van der Waals surface area contributed by atoms with Crippen molar-refractivity contribution in [3.63, 3.8) is 0 Å². The van der Waals surface area contributed by atoms with E-state index in [0.29, 0.717) is 0 Å². The Morgan fingerprint density at radius 2 is 1.23 bits per heavy atom. The Labute approximate surface area is 183 Å². The van der Waals surface area contributed by atoms with Crippen LogP contribution in [0.4, 0.5) is 39.5 Å². The molecule has 0 fully saturated rings. The zero-order valence-corrected chi connectivity index (χ0v) is 18.2. The molecule has 0 saturated heterocycles. The molecular weight excluding hydrogens is 675 g/mol. The van der Waals surface area contributed by atoms with Crippen LogP contribution in [0.2, 0.25) is 0 Å². The summed E-state index contributed by atoms with van der Waals surface area (Å²) >= 11 is 19.0. The molecule has 0 saturated carbocycles. The van der Waals surface area contributed by atoms with Crippen LogP contribution in [0.15, 0.2) is 12.1 Å². The number of hydrogen-bond donors (Lipinski definition) is 0. The fourth-order valence-corrected chi connectivity index (χ4v) is 4.42. The van der Waals surface area contributed by atoms with Crippen LogP contribution >= 0.6 is 80.0 Å². The second kappa shape index (κ2) is 7.63. The molecule has 0 aliphatic rings. The van der Waals surface area contributed by atoms with E-state index in [9.17, 15) is 39.5 Å². The van der Waals surface area contributed by atoms with Crippen LogP contribution in [0.25, 0.3) is 0 Å². The maximum Gasteiger partial charge on any atom is 0.457 e. The Morgan fingerprint density at radius 1 is 0.769 bits per heavy atom. The lowest BCUT2D eigenvalue weighted by molar-refractivity contribution is -0.389. The van der Waals surface area contributed by atoms with E-state index in [1.807, 2.05) is 0 Å². The van der Waals surface area contributed by atoms with Gasteiger partial charge >= 0.3 is 23.9 Å². The molecule has 1 aromatic rings. The first-order valence-corrected chi connectivity index (χ1v) is 9.30. The van der Waals surface area contributed by atoms with E-state index in [4.69, 9.17) is 34.8 Å². The Balaban J connectivity index is 3.97. The van der Waals surface area contributed by atoms with E-state index >= 15 is 0 Å². The van der Waals surface area contributed by atoms with Crippen molar-refractivity contribution < 1.29 is 39.5 Å². The van der Waals surface area contributed by atoms with E-state index in [2.05, 4.69) is 0 Å². The monoisotopic (exact) mass is 678 g/mol. The topological polar surface area (TPSA) is 0 Å². The molecule has 1 unspecified atom stereocenters. The van der Waals surface area contributed by atoms with E-state index in [1.54, 1.807) is 0 Å². The standard InChI is InChI=1S/C12H4Cl3F9I2/c13-8(14,15)3-5-6(1-4(25)2-7(5)26)9(16,11(19,20)21)10(17,18)12(22,23)24/h1-2H,3H2. The molecule has 0 radical (unpaired) electrons. The molecule has 150 valence electrons. The predicted molar refractivity (Wildman–Crippen MR) is 95.7 cm³/mol. The summed E-state index contributed by atoms with van der Waals surface area (Å²) in [5.41, 5.74) is -8.98. The molecule has 0 bridgehead atoms. The van der Waals surface area contributed by atoms with Gasteiger partial charge in [-0.05, 0) is 62.9 Å². The van der Waals surface area contributed by atoms with Crippen molar-refractivity contribution in [3.8, 4) is 0 Å². The van der Waals surface area contributed by atoms with E-state index in [1.165, 1.54) is 45.2 Å². The fourth-order valence-electron chi connectivity index (χ4n) is 1.99. The highest BCUT2D eigenvalue weighted by Crippen LogP contribution is 2.59. The maximum atomic E-state index is 14.8. The maximum absolute atomic E-state index is 14.8. The van der Waals surface area contributed by atoms with Gasteiger partial charge in [-0.25, -0.2) is 4.39 Å². The zero-order valence-electron chi connectivity index (χ0n) is 11.7. The van der Waals surface area contributed by atoms with Gasteiger partial charge in [0, 0.05) is 19.1 Å². The summed E-state index contributed by atoms with van der Waals surface area (Å²) in [5, 5.41) is 0. The Kier molecular flexibility index (Phi) is 7.33. The fraction of sp³-hybridized carbons (Fsp3) is 0.500. The van der Waals surface area contributed by atoms with Crippen LogP contribution in [0, 0.1) is 7.14 Å². The minimum absolute atomic E-state index is 0.223. The normalized spacial score (nSPS) is 16.5. The smallest absolute Gasteiger partial charge is 0.221 e. The van der Waals surface area contributed by atoms with Crippen molar-refractivity contribution in [2.45, 2.75) is 34.2 Å². The molecule has 0 amide bonds. The number of halogens is 14. The highest BCUT2D eigenvalue weighted by Gasteiger charge is 2.82. The molecule has 0 aromatic heterocycles. The van der Waals surface area contributed by atoms with Gasteiger partial charge in [0.2, 0.25) is 0 Å². The third-order valence-corrected chi connectivity index (χ3v) is 5.07. The van der Waals surface area contributed by atoms with Crippen LogP contribution in [-0.4, -0.2) is 22.1 Å². The molecule has 0 aliphatic heterocycles. The van der Waals surface area contributed by atoms with Crippen LogP contribution in [-0.2, 0) is 12.1 Å². The van der Waals surface area contributed by atoms with Gasteiger partial charge in [0.25, 0.3) is 0 Å². The van der Waals surface area contributed by atoms with Gasteiger partial charge in [0.05, 0.1) is 0 Å². The van der Waals surface area contributed by atoms with Gasteiger partial charge in [-0.1, -0.05) is 34.8 Å². The molecule has 0 N–H and O–H groups in total. The molecule has 26 heavy (non-hydrogen) atoms. The lowest BCUT2D eigenvalue weighted by Gasteiger charge is -2.37. The molecule has 0 aliphatic carbocycles. The third-order valence-electron chi connectivity index (χ3n) is 3.09. The SMILES string of the molecule is FC(F)(F)C(F)(F)C(F)(c1cc(I)cc(I)c1CC(Cl)(Cl)Cl)C(F)(F)F. The first-order chi connectivity index (χ1) is 11.3. The molecule has 1 aromatic carbocycles. The zero-order chi connectivity index (χ0) is 20.9. The summed E-state index contributed by atoms with van der Waals surface area (Å²) in [7, 11) is 0. The van der Waals surface area contributed by atoms with Crippen molar-refractivity contribution in [2.75, 3.05) is 0 Å². The van der Waals surface area contributed by atoms with Crippen molar-refractivity contribution in [1.29, 1.82) is 0 Å². The summed E-state index contributed by atoms with van der Waals surface area (Å²) in [4.78, 5) is 0. The van der Waals surface area contributed by atoms with Gasteiger partial charge in [0.15, 0.2) is 3.79 Å². The number of alkyl halides is 12. The van der Waals surface area contributed by atoms with Crippen molar-refractivity contribution in [1.82, 2.24) is 0 Å². The predicted octanol–water partition coefficient (Wildman–Crippen LogP) is 7.73. The van der Waals surface area contributed by atoms with Crippen LogP contribution < -0.4 is 0 Å². The minimum atomic E-state index is -6.83. The highest BCUT2D eigenvalue weighted by atomic mass is 127. The average molecular weight is 679 g/mol. The lowest BCUT2D eigenvalue weighted by Crippen LogP contribution is -2.60. The van der Waals surface area contributed by atoms with Gasteiger partial charge in [-0.3, -0.25) is 0 Å². The average Bonchev–Trinajstić information content (AvgIpc) is 2.36. The number of rotatable bonds is 3. The Bertz CT molecular complexity index is 682. The lowest BCUT2D eigenvalue weighted by atomic mass is 9.84. The number of hydrogen-bond acceptors (Lipinski definition) is 0. The Morgan fingerprint density at radius 3 is 1.58 bits per heavy atom. The molecule has 0 spiro atoms. The largest absolute Gasteiger partial charge is 0.457 e. The second-order valence-corrected chi connectivity index (χ2v) is 9.86. The summed E-state index contributed by atoms with van der Waals surface area (Å²) in [6, 6.07) is 1.33. The van der Waals surface area contributed by atoms with Gasteiger partial charge in [-0.15, -0.1) is 0 Å². The minimum Gasteiger partial charge on any atom is -0.221 e. The van der Waals surface area contributed by atoms with Crippen LogP contribution in [0.1, 0.15) is 11.1 Å². The van der Waals surface area contributed by atoms with Gasteiger partial charge in [-0.2, -0.15) is 35.1 Å². The molecular formula is C12H4Cl3F9I2. The van der Waals surface area contributed by atoms with Crippen molar-refractivity contribution in [2.24, 2.45) is 0 Å². The summed E-state index contributed by atoms with van der Waals surface area (Å²) in [6.07, 6.45) is -14.5. The first kappa shape index (κ1) is 25.0. The van der Waals surface area contributed by atoms with Crippen LogP contribution in [0.3, 0.4) is 0 Å². The third kappa shape index (κ3) is 4.73. The summed E-state index contributed by atoms with van der Waals surface area (Å²) in [5.74, 6) is -6.80. The molecule has 1 atom stereocenters. The van der Waals surface area contributed by atoms with Crippen molar-refractivity contribution in [3.05, 3.63) is 30.4 Å². The van der Waals surface area contributed by atoms with E-state index < -0.39 is 45.3 Å². The summed E-state index contributed by atoms with van der Waals surface area (Å²) < 4.78 is 117. The van der Waals surface area contributed by atoms with Gasteiger partial charge in [0.1, 0.15) is 0 Å². The van der Waals surface area contributed by atoms with E-state index in [0.717, 1.165) is 6.07 Å². The Hall–Kier alpha value is 0.920. The van der Waals surface area contributed by atoms with E-state index in [-0.39, 0.29) is 13.2 Å². The quantitative estimate of drug-likeness (QED) is 0.174. The first-order valence-electron chi connectivity index (χ1n) is 6.01. The molecule has 0 nitrogen and oxygen atoms in total. The molecule has 1 rings (SSSR count).